The normalized spacial score (nSPS) is 48.3. The van der Waals surface area contributed by atoms with Crippen LogP contribution in [0.4, 0.5) is 0 Å². The van der Waals surface area contributed by atoms with Crippen molar-refractivity contribution in [1.82, 2.24) is 10.2 Å². The van der Waals surface area contributed by atoms with E-state index in [1.807, 2.05) is 0 Å². The smallest absolute Gasteiger partial charge is 0.0138 e. The molecule has 20 heavy (non-hydrogen) atoms. The number of hydrogen-bond donors (Lipinski definition) is 1. The highest BCUT2D eigenvalue weighted by molar-refractivity contribution is 5.17. The largest absolute Gasteiger partial charge is 0.311 e. The highest BCUT2D eigenvalue weighted by Gasteiger charge is 2.64. The minimum absolute atomic E-state index is 0.740. The Morgan fingerprint density at radius 3 is 2.60 bits per heavy atom. The lowest BCUT2D eigenvalue weighted by molar-refractivity contribution is 0.148. The summed E-state index contributed by atoms with van der Waals surface area (Å²) in [6, 6.07) is 1.66. The van der Waals surface area contributed by atoms with Crippen molar-refractivity contribution in [3.8, 4) is 0 Å². The first-order valence-electron chi connectivity index (χ1n) is 9.26. The molecule has 0 amide bonds. The molecule has 2 nitrogen and oxygen atoms in total. The molecule has 0 radical (unpaired) electrons. The minimum atomic E-state index is 0.740. The van der Waals surface area contributed by atoms with Gasteiger partial charge in [-0.2, -0.15) is 0 Å². The zero-order valence-corrected chi connectivity index (χ0v) is 13.4. The van der Waals surface area contributed by atoms with Crippen LogP contribution in [0.25, 0.3) is 0 Å². The van der Waals surface area contributed by atoms with Crippen molar-refractivity contribution in [2.75, 3.05) is 19.6 Å². The van der Waals surface area contributed by atoms with E-state index in [9.17, 15) is 0 Å². The maximum atomic E-state index is 4.06. The molecule has 1 N–H and O–H groups in total. The predicted molar refractivity (Wildman–Crippen MR) is 83.7 cm³/mol. The number of piperidine rings is 1. The molecule has 3 aliphatic carbocycles. The molecule has 0 aromatic rings. The van der Waals surface area contributed by atoms with Gasteiger partial charge in [-0.15, -0.1) is 0 Å². The number of hydrogen-bond acceptors (Lipinski definition) is 2. The Morgan fingerprint density at radius 1 is 1.15 bits per heavy atom. The van der Waals surface area contributed by atoms with Crippen LogP contribution in [0.3, 0.4) is 0 Å². The molecule has 6 atom stereocenters. The minimum Gasteiger partial charge on any atom is -0.311 e. The van der Waals surface area contributed by atoms with Crippen molar-refractivity contribution in [3.63, 3.8) is 0 Å². The maximum absolute atomic E-state index is 4.06. The van der Waals surface area contributed by atoms with Crippen LogP contribution in [-0.2, 0) is 0 Å². The molecule has 0 aromatic carbocycles. The van der Waals surface area contributed by atoms with Crippen molar-refractivity contribution in [2.45, 2.75) is 64.5 Å². The zero-order valence-electron chi connectivity index (χ0n) is 13.4. The monoisotopic (exact) mass is 276 g/mol. The fourth-order valence-corrected chi connectivity index (χ4v) is 6.01. The first kappa shape index (κ1) is 13.6. The lowest BCUT2D eigenvalue weighted by atomic mass is 9.91. The predicted octanol–water partition coefficient (Wildman–Crippen LogP) is 3.13. The van der Waals surface area contributed by atoms with Gasteiger partial charge in [0.2, 0.25) is 0 Å². The van der Waals surface area contributed by atoms with E-state index in [0.29, 0.717) is 0 Å². The molecule has 1 aliphatic heterocycles. The van der Waals surface area contributed by atoms with E-state index in [2.05, 4.69) is 24.1 Å². The average Bonchev–Trinajstić information content (AvgIpc) is 2.84. The summed E-state index contributed by atoms with van der Waals surface area (Å²) in [6.45, 7) is 8.78. The standard InChI is InChI=1S/C18H32N2/c1-3-8-20-9-4-5-15(11-20)12(2)19-18-16-13-6-7-14(10-13)17(16)18/h12-19H,3-11H2,1-2H3. The Balaban J connectivity index is 1.29. The summed E-state index contributed by atoms with van der Waals surface area (Å²) < 4.78 is 0. The van der Waals surface area contributed by atoms with Gasteiger partial charge in [0.25, 0.3) is 0 Å². The molecule has 0 aromatic heterocycles. The second-order valence-electron chi connectivity index (χ2n) is 8.17. The summed E-state index contributed by atoms with van der Waals surface area (Å²) in [7, 11) is 0. The Kier molecular flexibility index (Phi) is 3.58. The zero-order chi connectivity index (χ0) is 13.7. The molecule has 0 spiro atoms. The number of rotatable bonds is 5. The van der Waals surface area contributed by atoms with Gasteiger partial charge in [0.15, 0.2) is 0 Å². The van der Waals surface area contributed by atoms with Crippen molar-refractivity contribution in [3.05, 3.63) is 0 Å². The highest BCUT2D eigenvalue weighted by Crippen LogP contribution is 2.65. The van der Waals surface area contributed by atoms with Crippen LogP contribution >= 0.6 is 0 Å². The van der Waals surface area contributed by atoms with Gasteiger partial charge in [-0.05, 0) is 88.1 Å². The molecule has 114 valence electrons. The van der Waals surface area contributed by atoms with Gasteiger partial charge in [-0.3, -0.25) is 0 Å². The van der Waals surface area contributed by atoms with Crippen LogP contribution in [-0.4, -0.2) is 36.6 Å². The van der Waals surface area contributed by atoms with Crippen molar-refractivity contribution >= 4 is 0 Å². The van der Waals surface area contributed by atoms with Gasteiger partial charge in [0, 0.05) is 18.6 Å². The Bertz CT molecular complexity index is 337. The molecule has 6 unspecified atom stereocenters. The Morgan fingerprint density at radius 2 is 1.90 bits per heavy atom. The third-order valence-electron chi connectivity index (χ3n) is 6.98. The fraction of sp³-hybridized carbons (Fsp3) is 1.00. The summed E-state index contributed by atoms with van der Waals surface area (Å²) in [4.78, 5) is 2.70. The van der Waals surface area contributed by atoms with Gasteiger partial charge in [-0.1, -0.05) is 6.92 Å². The topological polar surface area (TPSA) is 15.3 Å². The SMILES string of the molecule is CCCN1CCCC(C(C)NC2C3C4CCC(C4)C23)C1. The van der Waals surface area contributed by atoms with Crippen LogP contribution in [0.5, 0.6) is 0 Å². The van der Waals surface area contributed by atoms with Gasteiger partial charge < -0.3 is 10.2 Å². The van der Waals surface area contributed by atoms with Crippen molar-refractivity contribution < 1.29 is 0 Å². The number of nitrogens with zero attached hydrogens (tertiary/aromatic N) is 1. The Hall–Kier alpha value is -0.0800. The molecule has 4 aliphatic rings. The van der Waals surface area contributed by atoms with E-state index in [-0.39, 0.29) is 0 Å². The molecule has 4 rings (SSSR count). The highest BCUT2D eigenvalue weighted by atomic mass is 15.1. The van der Waals surface area contributed by atoms with E-state index < -0.39 is 0 Å². The van der Waals surface area contributed by atoms with E-state index in [0.717, 1.165) is 41.7 Å². The first-order valence-corrected chi connectivity index (χ1v) is 9.26. The maximum Gasteiger partial charge on any atom is 0.0138 e. The summed E-state index contributed by atoms with van der Waals surface area (Å²) >= 11 is 0. The van der Waals surface area contributed by atoms with Crippen LogP contribution in [0, 0.1) is 29.6 Å². The molecule has 2 bridgehead atoms. The number of likely N-dealkylation sites (tertiary alicyclic amines) is 1. The van der Waals surface area contributed by atoms with Crippen molar-refractivity contribution in [1.29, 1.82) is 0 Å². The van der Waals surface area contributed by atoms with Crippen LogP contribution in [0.2, 0.25) is 0 Å². The molecular weight excluding hydrogens is 244 g/mol. The lowest BCUT2D eigenvalue weighted by Gasteiger charge is -2.36. The average molecular weight is 276 g/mol. The van der Waals surface area contributed by atoms with Gasteiger partial charge in [0.05, 0.1) is 0 Å². The summed E-state index contributed by atoms with van der Waals surface area (Å²) in [5.41, 5.74) is 0. The lowest BCUT2D eigenvalue weighted by Crippen LogP contribution is -2.46. The molecule has 1 heterocycles. The molecule has 4 fully saturated rings. The first-order chi connectivity index (χ1) is 9.78. The second kappa shape index (κ2) is 5.28. The van der Waals surface area contributed by atoms with Gasteiger partial charge >= 0.3 is 0 Å². The third-order valence-corrected chi connectivity index (χ3v) is 6.98. The second-order valence-corrected chi connectivity index (χ2v) is 8.17. The summed E-state index contributed by atoms with van der Waals surface area (Å²) in [5, 5.41) is 4.06. The van der Waals surface area contributed by atoms with Gasteiger partial charge in [-0.25, -0.2) is 0 Å². The fourth-order valence-electron chi connectivity index (χ4n) is 6.01. The molecule has 2 heteroatoms. The molecular formula is C18H32N2. The summed E-state index contributed by atoms with van der Waals surface area (Å²) in [6.07, 6.45) is 8.85. The van der Waals surface area contributed by atoms with Crippen LogP contribution < -0.4 is 5.32 Å². The molecule has 3 saturated carbocycles. The van der Waals surface area contributed by atoms with E-state index in [1.165, 1.54) is 38.9 Å². The van der Waals surface area contributed by atoms with Gasteiger partial charge in [0.1, 0.15) is 0 Å². The quantitative estimate of drug-likeness (QED) is 0.830. The number of nitrogens with one attached hydrogen (secondary N) is 1. The molecule has 1 saturated heterocycles. The van der Waals surface area contributed by atoms with E-state index >= 15 is 0 Å². The van der Waals surface area contributed by atoms with E-state index in [4.69, 9.17) is 0 Å². The third kappa shape index (κ3) is 2.23. The summed E-state index contributed by atoms with van der Waals surface area (Å²) in [5.74, 6) is 5.29. The number of fused-ring (bicyclic) bond motifs is 5. The van der Waals surface area contributed by atoms with Crippen LogP contribution in [0.1, 0.15) is 52.4 Å². The van der Waals surface area contributed by atoms with Crippen molar-refractivity contribution in [2.24, 2.45) is 29.6 Å². The van der Waals surface area contributed by atoms with Crippen LogP contribution in [0.15, 0.2) is 0 Å². The Labute approximate surface area is 124 Å². The van der Waals surface area contributed by atoms with E-state index in [1.54, 1.807) is 19.3 Å².